The van der Waals surface area contributed by atoms with E-state index < -0.39 is 0 Å². The van der Waals surface area contributed by atoms with E-state index in [1.54, 1.807) is 0 Å². The van der Waals surface area contributed by atoms with Crippen molar-refractivity contribution >= 4 is 0 Å². The summed E-state index contributed by atoms with van der Waals surface area (Å²) in [7, 11) is 0. The number of hydrogen-bond acceptors (Lipinski definition) is 1. The maximum absolute atomic E-state index is 6.38. The molecule has 0 aliphatic rings. The van der Waals surface area contributed by atoms with Crippen molar-refractivity contribution in [3.8, 4) is 16.9 Å². The second kappa shape index (κ2) is 8.26. The molecule has 0 N–H and O–H groups in total. The lowest BCUT2D eigenvalue weighted by molar-refractivity contribution is 0.304. The molecule has 1 heteroatoms. The summed E-state index contributed by atoms with van der Waals surface area (Å²) in [5, 5.41) is 0. The predicted molar refractivity (Wildman–Crippen MR) is 115 cm³/mol. The van der Waals surface area contributed by atoms with Crippen molar-refractivity contribution in [1.29, 1.82) is 0 Å². The molecule has 0 unspecified atom stereocenters. The van der Waals surface area contributed by atoms with E-state index in [1.165, 1.54) is 22.3 Å². The molecule has 3 rings (SSSR count). The average molecular weight is 357 g/mol. The van der Waals surface area contributed by atoms with Crippen molar-refractivity contribution in [1.82, 2.24) is 0 Å². The Morgan fingerprint density at radius 3 is 2.11 bits per heavy atom. The van der Waals surface area contributed by atoms with Gasteiger partial charge in [-0.15, -0.1) is 6.58 Å². The Bertz CT molecular complexity index is 887. The van der Waals surface area contributed by atoms with Crippen LogP contribution in [0, 0.1) is 0 Å². The fourth-order valence-electron chi connectivity index (χ4n) is 3.16. The van der Waals surface area contributed by atoms with Crippen LogP contribution in [-0.4, -0.2) is 0 Å². The molecule has 0 aliphatic heterocycles. The molecule has 3 aromatic rings. The van der Waals surface area contributed by atoms with E-state index in [2.05, 4.69) is 75.9 Å². The zero-order chi connectivity index (χ0) is 19.3. The first-order valence-electron chi connectivity index (χ1n) is 9.49. The summed E-state index contributed by atoms with van der Waals surface area (Å²) in [5.74, 6) is 0.956. The minimum Gasteiger partial charge on any atom is -0.488 e. The summed E-state index contributed by atoms with van der Waals surface area (Å²) >= 11 is 0. The van der Waals surface area contributed by atoms with Crippen molar-refractivity contribution in [2.24, 2.45) is 0 Å². The van der Waals surface area contributed by atoms with Gasteiger partial charge in [-0.3, -0.25) is 0 Å². The first-order chi connectivity index (χ1) is 13.0. The average Bonchev–Trinajstić information content (AvgIpc) is 2.67. The topological polar surface area (TPSA) is 9.23 Å². The zero-order valence-corrected chi connectivity index (χ0v) is 16.5. The fraction of sp³-hybridized carbons (Fsp3) is 0.231. The van der Waals surface area contributed by atoms with Gasteiger partial charge < -0.3 is 4.74 Å². The van der Waals surface area contributed by atoms with Gasteiger partial charge in [0.1, 0.15) is 12.4 Å². The summed E-state index contributed by atoms with van der Waals surface area (Å²) in [6.45, 7) is 11.3. The minimum atomic E-state index is 0.0669. The molecule has 1 nitrogen and oxygen atoms in total. The highest BCUT2D eigenvalue weighted by atomic mass is 16.5. The monoisotopic (exact) mass is 356 g/mol. The Morgan fingerprint density at radius 2 is 1.52 bits per heavy atom. The number of ether oxygens (including phenoxy) is 1. The van der Waals surface area contributed by atoms with Crippen molar-refractivity contribution in [2.75, 3.05) is 0 Å². The standard InChI is InChI=1S/C26H28O/c1-5-12-22-17-23(26(2,3)4)18-24(21-15-10-7-11-16-21)25(22)27-19-20-13-8-6-9-14-20/h5-11,13-18H,1,12,19H2,2-4H3. The third-order valence-corrected chi connectivity index (χ3v) is 4.71. The van der Waals surface area contributed by atoms with Crippen molar-refractivity contribution in [2.45, 2.75) is 39.2 Å². The maximum Gasteiger partial charge on any atom is 0.131 e. The van der Waals surface area contributed by atoms with E-state index in [4.69, 9.17) is 4.74 Å². The molecule has 0 bridgehead atoms. The molecular weight excluding hydrogens is 328 g/mol. The molecule has 0 atom stereocenters. The molecule has 0 aliphatic carbocycles. The van der Waals surface area contributed by atoms with Crippen molar-refractivity contribution in [3.63, 3.8) is 0 Å². The normalized spacial score (nSPS) is 11.2. The molecule has 0 aromatic heterocycles. The second-order valence-corrected chi connectivity index (χ2v) is 7.90. The van der Waals surface area contributed by atoms with Crippen LogP contribution in [-0.2, 0) is 18.4 Å². The molecule has 0 spiro atoms. The Morgan fingerprint density at radius 1 is 0.889 bits per heavy atom. The van der Waals surface area contributed by atoms with E-state index in [0.29, 0.717) is 6.61 Å². The maximum atomic E-state index is 6.38. The summed E-state index contributed by atoms with van der Waals surface area (Å²) in [6, 6.07) is 25.4. The molecular formula is C26H28O. The van der Waals surface area contributed by atoms with E-state index >= 15 is 0 Å². The van der Waals surface area contributed by atoms with Crippen LogP contribution in [0.5, 0.6) is 5.75 Å². The molecule has 0 heterocycles. The van der Waals surface area contributed by atoms with Gasteiger partial charge in [-0.2, -0.15) is 0 Å². The Kier molecular flexibility index (Phi) is 5.81. The minimum absolute atomic E-state index is 0.0669. The van der Waals surface area contributed by atoms with Crippen molar-refractivity contribution in [3.05, 3.63) is 102 Å². The van der Waals surface area contributed by atoms with Gasteiger partial charge in [-0.05, 0) is 40.2 Å². The van der Waals surface area contributed by atoms with Crippen LogP contribution >= 0.6 is 0 Å². The first kappa shape index (κ1) is 19.0. The van der Waals surface area contributed by atoms with E-state index in [9.17, 15) is 0 Å². The summed E-state index contributed by atoms with van der Waals surface area (Å²) < 4.78 is 6.38. The van der Waals surface area contributed by atoms with Crippen LogP contribution in [0.2, 0.25) is 0 Å². The molecule has 0 amide bonds. The lowest BCUT2D eigenvalue weighted by Crippen LogP contribution is -2.13. The third kappa shape index (κ3) is 4.68. The van der Waals surface area contributed by atoms with Gasteiger partial charge in [-0.25, -0.2) is 0 Å². The Balaban J connectivity index is 2.11. The van der Waals surface area contributed by atoms with Crippen LogP contribution in [0.3, 0.4) is 0 Å². The van der Waals surface area contributed by atoms with Gasteiger partial charge >= 0.3 is 0 Å². The molecule has 3 aromatic carbocycles. The van der Waals surface area contributed by atoms with Gasteiger partial charge in [0.15, 0.2) is 0 Å². The van der Waals surface area contributed by atoms with E-state index in [-0.39, 0.29) is 5.41 Å². The first-order valence-corrected chi connectivity index (χ1v) is 9.49. The van der Waals surface area contributed by atoms with Crippen LogP contribution < -0.4 is 4.74 Å². The van der Waals surface area contributed by atoms with E-state index in [1.807, 2.05) is 30.3 Å². The van der Waals surface area contributed by atoms with Crippen LogP contribution in [0.25, 0.3) is 11.1 Å². The number of benzene rings is 3. The third-order valence-electron chi connectivity index (χ3n) is 4.71. The predicted octanol–water partition coefficient (Wildman–Crippen LogP) is 6.96. The van der Waals surface area contributed by atoms with Gasteiger partial charge in [0, 0.05) is 5.56 Å². The lowest BCUT2D eigenvalue weighted by atomic mass is 9.83. The molecule has 27 heavy (non-hydrogen) atoms. The Hall–Kier alpha value is -2.80. The molecule has 0 saturated carbocycles. The largest absolute Gasteiger partial charge is 0.488 e. The van der Waals surface area contributed by atoms with E-state index in [0.717, 1.165) is 17.7 Å². The van der Waals surface area contributed by atoms with Gasteiger partial charge in [0.25, 0.3) is 0 Å². The Labute approximate surface area is 163 Å². The molecule has 0 fully saturated rings. The highest BCUT2D eigenvalue weighted by Crippen LogP contribution is 2.38. The van der Waals surface area contributed by atoms with Crippen LogP contribution in [0.1, 0.15) is 37.5 Å². The van der Waals surface area contributed by atoms with Crippen LogP contribution in [0.15, 0.2) is 85.5 Å². The summed E-state index contributed by atoms with van der Waals surface area (Å²) in [6.07, 6.45) is 2.74. The highest BCUT2D eigenvalue weighted by Gasteiger charge is 2.20. The summed E-state index contributed by atoms with van der Waals surface area (Å²) in [4.78, 5) is 0. The quantitative estimate of drug-likeness (QED) is 0.434. The lowest BCUT2D eigenvalue weighted by Gasteiger charge is -2.24. The number of rotatable bonds is 6. The number of hydrogen-bond donors (Lipinski definition) is 0. The van der Waals surface area contributed by atoms with Crippen LogP contribution in [0.4, 0.5) is 0 Å². The smallest absolute Gasteiger partial charge is 0.131 e. The van der Waals surface area contributed by atoms with Gasteiger partial charge in [-0.1, -0.05) is 93.6 Å². The van der Waals surface area contributed by atoms with Gasteiger partial charge in [0.2, 0.25) is 0 Å². The van der Waals surface area contributed by atoms with Gasteiger partial charge in [0.05, 0.1) is 0 Å². The van der Waals surface area contributed by atoms with Crippen molar-refractivity contribution < 1.29 is 4.74 Å². The zero-order valence-electron chi connectivity index (χ0n) is 16.5. The fourth-order valence-corrected chi connectivity index (χ4v) is 3.16. The molecule has 0 radical (unpaired) electrons. The molecule has 138 valence electrons. The second-order valence-electron chi connectivity index (χ2n) is 7.90. The SMILES string of the molecule is C=CCc1cc(C(C)(C)C)cc(-c2ccccc2)c1OCc1ccccc1. The summed E-state index contributed by atoms with van der Waals surface area (Å²) in [5.41, 5.74) is 6.06. The number of allylic oxidation sites excluding steroid dienone is 1. The highest BCUT2D eigenvalue weighted by molar-refractivity contribution is 5.73. The molecule has 0 saturated heterocycles.